The SMILES string of the molecule is OC1CCc2c(-c3ccccc3Cl)cccc21. The lowest BCUT2D eigenvalue weighted by atomic mass is 9.97. The Morgan fingerprint density at radius 3 is 2.59 bits per heavy atom. The predicted molar refractivity (Wildman–Crippen MR) is 70.2 cm³/mol. The molecule has 0 saturated carbocycles. The fraction of sp³-hybridized carbons (Fsp3) is 0.200. The molecule has 1 atom stereocenters. The average Bonchev–Trinajstić information content (AvgIpc) is 2.72. The van der Waals surface area contributed by atoms with Crippen LogP contribution in [-0.4, -0.2) is 5.11 Å². The Kier molecular flexibility index (Phi) is 2.65. The molecule has 0 amide bonds. The third kappa shape index (κ3) is 1.76. The number of hydrogen-bond donors (Lipinski definition) is 1. The largest absolute Gasteiger partial charge is 0.388 e. The first-order chi connectivity index (χ1) is 8.27. The second kappa shape index (κ2) is 4.17. The van der Waals surface area contributed by atoms with Crippen LogP contribution in [0.15, 0.2) is 42.5 Å². The van der Waals surface area contributed by atoms with Crippen LogP contribution in [0.1, 0.15) is 23.7 Å². The van der Waals surface area contributed by atoms with Crippen LogP contribution in [0.25, 0.3) is 11.1 Å². The number of fused-ring (bicyclic) bond motifs is 1. The summed E-state index contributed by atoms with van der Waals surface area (Å²) in [5, 5.41) is 10.7. The van der Waals surface area contributed by atoms with Crippen LogP contribution in [0.4, 0.5) is 0 Å². The van der Waals surface area contributed by atoms with Crippen molar-refractivity contribution in [1.82, 2.24) is 0 Å². The van der Waals surface area contributed by atoms with E-state index in [-0.39, 0.29) is 6.10 Å². The highest BCUT2D eigenvalue weighted by molar-refractivity contribution is 6.33. The van der Waals surface area contributed by atoms with E-state index in [9.17, 15) is 5.11 Å². The van der Waals surface area contributed by atoms with E-state index in [2.05, 4.69) is 6.07 Å². The van der Waals surface area contributed by atoms with Gasteiger partial charge in [-0.2, -0.15) is 0 Å². The summed E-state index contributed by atoms with van der Waals surface area (Å²) in [4.78, 5) is 0. The summed E-state index contributed by atoms with van der Waals surface area (Å²) in [5.41, 5.74) is 4.51. The Morgan fingerprint density at radius 2 is 1.76 bits per heavy atom. The van der Waals surface area contributed by atoms with Crippen LogP contribution < -0.4 is 0 Å². The third-order valence-electron chi connectivity index (χ3n) is 3.40. The molecule has 0 aromatic heterocycles. The first-order valence-electron chi connectivity index (χ1n) is 5.82. The summed E-state index contributed by atoms with van der Waals surface area (Å²) >= 11 is 6.23. The second-order valence-corrected chi connectivity index (χ2v) is 4.81. The normalized spacial score (nSPS) is 18.1. The van der Waals surface area contributed by atoms with Gasteiger partial charge in [-0.3, -0.25) is 0 Å². The summed E-state index contributed by atoms with van der Waals surface area (Å²) in [7, 11) is 0. The van der Waals surface area contributed by atoms with Gasteiger partial charge in [-0.1, -0.05) is 48.0 Å². The molecule has 2 aromatic rings. The van der Waals surface area contributed by atoms with E-state index in [1.807, 2.05) is 36.4 Å². The number of halogens is 1. The molecule has 0 bridgehead atoms. The van der Waals surface area contributed by atoms with Gasteiger partial charge in [-0.15, -0.1) is 0 Å². The third-order valence-corrected chi connectivity index (χ3v) is 3.73. The molecule has 0 radical (unpaired) electrons. The van der Waals surface area contributed by atoms with Gasteiger partial charge in [0.15, 0.2) is 0 Å². The lowest BCUT2D eigenvalue weighted by Gasteiger charge is -2.10. The molecule has 3 rings (SSSR count). The van der Waals surface area contributed by atoms with Crippen molar-refractivity contribution in [3.05, 3.63) is 58.6 Å². The van der Waals surface area contributed by atoms with E-state index >= 15 is 0 Å². The lowest BCUT2D eigenvalue weighted by Crippen LogP contribution is -1.91. The van der Waals surface area contributed by atoms with E-state index < -0.39 is 0 Å². The molecule has 17 heavy (non-hydrogen) atoms. The van der Waals surface area contributed by atoms with Crippen molar-refractivity contribution in [2.75, 3.05) is 0 Å². The van der Waals surface area contributed by atoms with Crippen molar-refractivity contribution in [2.45, 2.75) is 18.9 Å². The zero-order chi connectivity index (χ0) is 11.8. The van der Waals surface area contributed by atoms with Crippen molar-refractivity contribution in [3.63, 3.8) is 0 Å². The molecular weight excluding hydrogens is 232 g/mol. The molecule has 0 aliphatic heterocycles. The summed E-state index contributed by atoms with van der Waals surface area (Å²) in [6.07, 6.45) is 1.43. The van der Waals surface area contributed by atoms with E-state index in [4.69, 9.17) is 11.6 Å². The zero-order valence-corrected chi connectivity index (χ0v) is 10.1. The van der Waals surface area contributed by atoms with Crippen LogP contribution in [0.2, 0.25) is 5.02 Å². The molecule has 1 nitrogen and oxygen atoms in total. The first kappa shape index (κ1) is 10.8. The van der Waals surface area contributed by atoms with Crippen LogP contribution >= 0.6 is 11.6 Å². The zero-order valence-electron chi connectivity index (χ0n) is 9.36. The van der Waals surface area contributed by atoms with Gasteiger partial charge in [0.1, 0.15) is 0 Å². The summed E-state index contributed by atoms with van der Waals surface area (Å²) in [5.74, 6) is 0. The van der Waals surface area contributed by atoms with Crippen molar-refractivity contribution < 1.29 is 5.11 Å². The van der Waals surface area contributed by atoms with Gasteiger partial charge in [-0.05, 0) is 35.6 Å². The summed E-state index contributed by atoms with van der Waals surface area (Å²) in [6, 6.07) is 13.9. The first-order valence-corrected chi connectivity index (χ1v) is 6.20. The van der Waals surface area contributed by atoms with Gasteiger partial charge >= 0.3 is 0 Å². The number of rotatable bonds is 1. The quantitative estimate of drug-likeness (QED) is 0.804. The second-order valence-electron chi connectivity index (χ2n) is 4.41. The van der Waals surface area contributed by atoms with Crippen LogP contribution in [0.5, 0.6) is 0 Å². The molecule has 1 N–H and O–H groups in total. The molecule has 0 spiro atoms. The van der Waals surface area contributed by atoms with Crippen molar-refractivity contribution >= 4 is 11.6 Å². The maximum Gasteiger partial charge on any atom is 0.0796 e. The fourth-order valence-corrected chi connectivity index (χ4v) is 2.80. The smallest absolute Gasteiger partial charge is 0.0796 e. The maximum atomic E-state index is 9.89. The molecule has 86 valence electrons. The van der Waals surface area contributed by atoms with Crippen LogP contribution in [0, 0.1) is 0 Å². The number of benzene rings is 2. The van der Waals surface area contributed by atoms with Crippen molar-refractivity contribution in [3.8, 4) is 11.1 Å². The van der Waals surface area contributed by atoms with Gasteiger partial charge in [-0.25, -0.2) is 0 Å². The molecular formula is C15H13ClO. The molecule has 2 heteroatoms. The average molecular weight is 245 g/mol. The Labute approximate surface area is 106 Å². The highest BCUT2D eigenvalue weighted by Gasteiger charge is 2.23. The lowest BCUT2D eigenvalue weighted by molar-refractivity contribution is 0.180. The van der Waals surface area contributed by atoms with Crippen molar-refractivity contribution in [2.24, 2.45) is 0 Å². The Bertz CT molecular complexity index is 563. The highest BCUT2D eigenvalue weighted by atomic mass is 35.5. The minimum atomic E-state index is -0.313. The van der Waals surface area contributed by atoms with Gasteiger partial charge in [0.25, 0.3) is 0 Å². The van der Waals surface area contributed by atoms with Gasteiger partial charge < -0.3 is 5.11 Å². The van der Waals surface area contributed by atoms with E-state index in [0.29, 0.717) is 0 Å². The summed E-state index contributed by atoms with van der Waals surface area (Å²) < 4.78 is 0. The molecule has 1 unspecified atom stereocenters. The molecule has 0 saturated heterocycles. The number of aliphatic hydroxyl groups excluding tert-OH is 1. The monoisotopic (exact) mass is 244 g/mol. The Hall–Kier alpha value is -1.31. The van der Waals surface area contributed by atoms with E-state index in [1.165, 1.54) is 5.56 Å². The number of aliphatic hydroxyl groups is 1. The van der Waals surface area contributed by atoms with Gasteiger partial charge in [0.05, 0.1) is 6.10 Å². The van der Waals surface area contributed by atoms with Crippen LogP contribution in [-0.2, 0) is 6.42 Å². The standard InChI is InChI=1S/C15H13ClO/c16-14-7-2-1-4-12(14)10-5-3-6-13-11(10)8-9-15(13)17/h1-7,15,17H,8-9H2. The molecule has 2 aromatic carbocycles. The minimum Gasteiger partial charge on any atom is -0.388 e. The number of hydrogen-bond acceptors (Lipinski definition) is 1. The molecule has 0 fully saturated rings. The predicted octanol–water partition coefficient (Wildman–Crippen LogP) is 3.99. The van der Waals surface area contributed by atoms with Crippen LogP contribution in [0.3, 0.4) is 0 Å². The van der Waals surface area contributed by atoms with E-state index in [1.54, 1.807) is 0 Å². The maximum absolute atomic E-state index is 9.89. The van der Waals surface area contributed by atoms with Gasteiger partial charge in [0.2, 0.25) is 0 Å². The molecule has 1 aliphatic carbocycles. The highest BCUT2D eigenvalue weighted by Crippen LogP contribution is 2.39. The fourth-order valence-electron chi connectivity index (χ4n) is 2.56. The summed E-state index contributed by atoms with van der Waals surface area (Å²) in [6.45, 7) is 0. The molecule has 0 heterocycles. The van der Waals surface area contributed by atoms with Crippen molar-refractivity contribution in [1.29, 1.82) is 0 Å². The Morgan fingerprint density at radius 1 is 1.00 bits per heavy atom. The minimum absolute atomic E-state index is 0.313. The van der Waals surface area contributed by atoms with Gasteiger partial charge in [0, 0.05) is 10.6 Å². The Balaban J connectivity index is 2.20. The molecule has 1 aliphatic rings. The van der Waals surface area contributed by atoms with E-state index in [0.717, 1.165) is 34.6 Å². The topological polar surface area (TPSA) is 20.2 Å².